The Morgan fingerprint density at radius 2 is 2.14 bits per heavy atom. The van der Waals surface area contributed by atoms with E-state index >= 15 is 0 Å². The van der Waals surface area contributed by atoms with Gasteiger partial charge in [0.2, 0.25) is 0 Å². The minimum absolute atomic E-state index is 0.0331. The number of ether oxygens (including phenoxy) is 3. The topological polar surface area (TPSA) is 96.7 Å². The zero-order chi connectivity index (χ0) is 25.1. The molecule has 1 aromatic carbocycles. The molecule has 0 radical (unpaired) electrons. The Kier molecular flexibility index (Phi) is 7.93. The number of ketones is 1. The highest BCUT2D eigenvalue weighted by molar-refractivity contribution is 7.98. The molecule has 10 heteroatoms. The molecule has 1 fully saturated rings. The van der Waals surface area contributed by atoms with Gasteiger partial charge in [-0.15, -0.1) is 11.3 Å². The largest absolute Gasteiger partial charge is 0.496 e. The van der Waals surface area contributed by atoms with Gasteiger partial charge in [0.05, 0.1) is 31.8 Å². The number of rotatable bonds is 9. The molecule has 3 aromatic rings. The van der Waals surface area contributed by atoms with Crippen molar-refractivity contribution in [1.29, 1.82) is 0 Å². The third kappa shape index (κ3) is 5.29. The van der Waals surface area contributed by atoms with Crippen molar-refractivity contribution in [3.63, 3.8) is 0 Å². The molecule has 0 spiro atoms. The maximum absolute atomic E-state index is 13.7. The number of thiophene rings is 1. The van der Waals surface area contributed by atoms with Gasteiger partial charge in [-0.1, -0.05) is 11.8 Å². The van der Waals surface area contributed by atoms with E-state index < -0.39 is 5.97 Å². The van der Waals surface area contributed by atoms with E-state index in [4.69, 9.17) is 19.2 Å². The highest BCUT2D eigenvalue weighted by Crippen LogP contribution is 2.33. The molecule has 35 heavy (non-hydrogen) atoms. The predicted molar refractivity (Wildman–Crippen MR) is 136 cm³/mol. The van der Waals surface area contributed by atoms with Gasteiger partial charge in [-0.05, 0) is 57.4 Å². The third-order valence-corrected chi connectivity index (χ3v) is 8.12. The predicted octanol–water partition coefficient (Wildman–Crippen LogP) is 4.63. The quantitative estimate of drug-likeness (QED) is 0.176. The number of hydrogen-bond acceptors (Lipinski definition) is 9. The van der Waals surface area contributed by atoms with Crippen LogP contribution in [0.5, 0.6) is 5.75 Å². The van der Waals surface area contributed by atoms with Gasteiger partial charge in [-0.2, -0.15) is 0 Å². The van der Waals surface area contributed by atoms with E-state index in [1.807, 2.05) is 6.07 Å². The molecule has 186 valence electrons. The molecule has 2 aromatic heterocycles. The number of benzene rings is 1. The molecular formula is C25H28N2O6S2. The highest BCUT2D eigenvalue weighted by atomic mass is 32.2. The second-order valence-electron chi connectivity index (χ2n) is 8.27. The molecule has 1 aliphatic rings. The number of thioether (sulfide) groups is 1. The zero-order valence-electron chi connectivity index (χ0n) is 20.2. The van der Waals surface area contributed by atoms with Crippen LogP contribution in [0, 0.1) is 6.92 Å². The first-order valence-corrected chi connectivity index (χ1v) is 13.3. The lowest BCUT2D eigenvalue weighted by molar-refractivity contribution is 0.0531. The molecule has 3 heterocycles. The average molecular weight is 517 g/mol. The molecule has 1 saturated heterocycles. The average Bonchev–Trinajstić information content (AvgIpc) is 3.47. The van der Waals surface area contributed by atoms with Crippen molar-refractivity contribution in [1.82, 2.24) is 9.55 Å². The van der Waals surface area contributed by atoms with Crippen molar-refractivity contribution in [2.45, 2.75) is 57.2 Å². The summed E-state index contributed by atoms with van der Waals surface area (Å²) in [5.41, 5.74) is 1.82. The summed E-state index contributed by atoms with van der Waals surface area (Å²) in [7, 11) is 1.58. The molecule has 1 aliphatic heterocycles. The Balaban J connectivity index is 1.77. The van der Waals surface area contributed by atoms with Crippen LogP contribution in [-0.2, 0) is 21.8 Å². The number of carbonyl (C=O) groups is 2. The third-order valence-electron chi connectivity index (χ3n) is 5.93. The van der Waals surface area contributed by atoms with Crippen LogP contribution in [0.25, 0.3) is 10.2 Å². The van der Waals surface area contributed by atoms with Crippen LogP contribution in [0.2, 0.25) is 0 Å². The van der Waals surface area contributed by atoms with Gasteiger partial charge in [-0.25, -0.2) is 9.78 Å². The van der Waals surface area contributed by atoms with E-state index in [0.29, 0.717) is 56.0 Å². The Labute approximate surface area is 211 Å². The van der Waals surface area contributed by atoms with Crippen molar-refractivity contribution in [3.05, 3.63) is 50.1 Å². The number of aryl methyl sites for hydroxylation is 1. The Morgan fingerprint density at radius 1 is 1.34 bits per heavy atom. The van der Waals surface area contributed by atoms with Crippen molar-refractivity contribution >= 4 is 45.1 Å². The van der Waals surface area contributed by atoms with E-state index in [1.165, 1.54) is 30.0 Å². The molecule has 0 unspecified atom stereocenters. The summed E-state index contributed by atoms with van der Waals surface area (Å²) in [5.74, 6) is 0.628. The van der Waals surface area contributed by atoms with E-state index in [-0.39, 0.29) is 24.1 Å². The van der Waals surface area contributed by atoms with Crippen LogP contribution < -0.4 is 10.3 Å². The van der Waals surface area contributed by atoms with E-state index in [0.717, 1.165) is 18.4 Å². The molecule has 0 bridgehead atoms. The summed E-state index contributed by atoms with van der Waals surface area (Å²) >= 11 is 2.57. The van der Waals surface area contributed by atoms with Gasteiger partial charge < -0.3 is 14.2 Å². The normalized spacial score (nSPS) is 15.5. The van der Waals surface area contributed by atoms with E-state index in [9.17, 15) is 14.4 Å². The first-order chi connectivity index (χ1) is 16.8. The fraction of sp³-hybridized carbons (Fsp3) is 0.440. The summed E-state index contributed by atoms with van der Waals surface area (Å²) in [6.45, 7) is 6.35. The first-order valence-electron chi connectivity index (χ1n) is 11.5. The number of hydrogen-bond donors (Lipinski definition) is 0. The van der Waals surface area contributed by atoms with Gasteiger partial charge in [-0.3, -0.25) is 14.2 Å². The number of methoxy groups -OCH3 is 1. The fourth-order valence-electron chi connectivity index (χ4n) is 4.11. The van der Waals surface area contributed by atoms with Gasteiger partial charge >= 0.3 is 5.97 Å². The molecule has 0 saturated carbocycles. The Hall–Kier alpha value is -2.69. The molecular weight excluding hydrogens is 488 g/mol. The lowest BCUT2D eigenvalue weighted by atomic mass is 10.1. The Bertz CT molecular complexity index is 1320. The van der Waals surface area contributed by atoms with Crippen molar-refractivity contribution < 1.29 is 23.8 Å². The van der Waals surface area contributed by atoms with Crippen LogP contribution in [0.15, 0.2) is 28.2 Å². The zero-order valence-corrected chi connectivity index (χ0v) is 21.8. The van der Waals surface area contributed by atoms with Crippen LogP contribution in [0.4, 0.5) is 0 Å². The van der Waals surface area contributed by atoms with Crippen LogP contribution in [0.1, 0.15) is 57.8 Å². The maximum Gasteiger partial charge on any atom is 0.348 e. The first kappa shape index (κ1) is 25.4. The lowest BCUT2D eigenvalue weighted by Crippen LogP contribution is -2.28. The van der Waals surface area contributed by atoms with Crippen LogP contribution >= 0.6 is 23.1 Å². The highest BCUT2D eigenvalue weighted by Gasteiger charge is 2.25. The number of carbonyl (C=O) groups excluding carboxylic acids is 2. The molecule has 0 N–H and O–H groups in total. The SMILES string of the molecule is CCOC(=O)c1sc2nc(SCc3cc(C(C)=O)ccc3OC)n(C[C@H]3CCCO3)c(=O)c2c1C. The van der Waals surface area contributed by atoms with Crippen molar-refractivity contribution in [2.24, 2.45) is 0 Å². The second-order valence-corrected chi connectivity index (χ2v) is 10.2. The lowest BCUT2D eigenvalue weighted by Gasteiger charge is -2.16. The number of Topliss-reactive ketones (excluding diaryl/α,β-unsaturated/α-hetero) is 1. The summed E-state index contributed by atoms with van der Waals surface area (Å²) in [4.78, 5) is 43.7. The second kappa shape index (κ2) is 10.9. The maximum atomic E-state index is 13.7. The standard InChI is InChI=1S/C25H28N2O6S2/c1-5-32-24(30)21-14(2)20-22(35-21)26-25(27(23(20)29)12-18-7-6-10-33-18)34-13-17-11-16(15(3)28)8-9-19(17)31-4/h8-9,11,18H,5-7,10,12-13H2,1-4H3/t18-/m1/s1. The monoisotopic (exact) mass is 516 g/mol. The number of esters is 1. The van der Waals surface area contributed by atoms with Gasteiger partial charge in [0.1, 0.15) is 15.5 Å². The van der Waals surface area contributed by atoms with Crippen molar-refractivity contribution in [3.8, 4) is 5.75 Å². The van der Waals surface area contributed by atoms with Crippen LogP contribution in [-0.4, -0.2) is 47.7 Å². The van der Waals surface area contributed by atoms with Crippen LogP contribution in [0.3, 0.4) is 0 Å². The summed E-state index contributed by atoms with van der Waals surface area (Å²) in [6, 6.07) is 5.32. The van der Waals surface area contributed by atoms with E-state index in [2.05, 4.69) is 0 Å². The summed E-state index contributed by atoms with van der Waals surface area (Å²) in [6.07, 6.45) is 1.77. The molecule has 8 nitrogen and oxygen atoms in total. The number of nitrogens with zero attached hydrogens (tertiary/aromatic N) is 2. The molecule has 1 atom stereocenters. The fourth-order valence-corrected chi connectivity index (χ4v) is 6.21. The minimum Gasteiger partial charge on any atom is -0.496 e. The van der Waals surface area contributed by atoms with Gasteiger partial charge in [0, 0.05) is 23.5 Å². The molecule has 0 aliphatic carbocycles. The van der Waals surface area contributed by atoms with Gasteiger partial charge in [0.15, 0.2) is 10.9 Å². The van der Waals surface area contributed by atoms with Crippen molar-refractivity contribution in [2.75, 3.05) is 20.3 Å². The van der Waals surface area contributed by atoms with E-state index in [1.54, 1.807) is 37.7 Å². The Morgan fingerprint density at radius 3 is 2.80 bits per heavy atom. The number of aromatic nitrogens is 2. The summed E-state index contributed by atoms with van der Waals surface area (Å²) in [5, 5.41) is 0.974. The smallest absolute Gasteiger partial charge is 0.348 e. The number of fused-ring (bicyclic) bond motifs is 1. The summed E-state index contributed by atoms with van der Waals surface area (Å²) < 4.78 is 18.1. The minimum atomic E-state index is -0.446. The van der Waals surface area contributed by atoms with Gasteiger partial charge in [0.25, 0.3) is 5.56 Å². The molecule has 0 amide bonds. The molecule has 4 rings (SSSR count).